The van der Waals surface area contributed by atoms with Crippen LogP contribution in [0.15, 0.2) is 12.1 Å². The van der Waals surface area contributed by atoms with Gasteiger partial charge in [-0.2, -0.15) is 0 Å². The standard InChI is InChI=1S/C9H9N3O7/c10-5(9(14)15)1-4-2-8(13)7(12(18)19)3-6(4)11(16)17/h2-3,5,13H,1,10H2,(H,14,15)/t5-/m0/s1. The molecule has 0 unspecified atom stereocenters. The van der Waals surface area contributed by atoms with Crippen LogP contribution in [0, 0.1) is 20.2 Å². The fraction of sp³-hybridized carbons (Fsp3) is 0.222. The minimum atomic E-state index is -1.42. The minimum Gasteiger partial charge on any atom is -0.502 e. The van der Waals surface area contributed by atoms with Crippen molar-refractivity contribution in [2.75, 3.05) is 0 Å². The van der Waals surface area contributed by atoms with E-state index in [1.54, 1.807) is 0 Å². The highest BCUT2D eigenvalue weighted by Crippen LogP contribution is 2.33. The van der Waals surface area contributed by atoms with Crippen molar-refractivity contribution in [3.63, 3.8) is 0 Å². The van der Waals surface area contributed by atoms with E-state index in [4.69, 9.17) is 10.8 Å². The lowest BCUT2D eigenvalue weighted by Crippen LogP contribution is -2.32. The number of nitrogens with two attached hydrogens (primary N) is 1. The molecule has 1 atom stereocenters. The van der Waals surface area contributed by atoms with Crippen molar-refractivity contribution < 1.29 is 24.9 Å². The summed E-state index contributed by atoms with van der Waals surface area (Å²) in [5.41, 5.74) is 3.54. The van der Waals surface area contributed by atoms with Crippen molar-refractivity contribution in [2.24, 2.45) is 5.73 Å². The van der Waals surface area contributed by atoms with Crippen LogP contribution in [0.4, 0.5) is 11.4 Å². The van der Waals surface area contributed by atoms with Crippen LogP contribution in [0.3, 0.4) is 0 Å². The zero-order valence-electron chi connectivity index (χ0n) is 9.35. The van der Waals surface area contributed by atoms with E-state index in [1.165, 1.54) is 0 Å². The van der Waals surface area contributed by atoms with Gasteiger partial charge in [-0.15, -0.1) is 0 Å². The molecule has 0 aromatic heterocycles. The first-order valence-corrected chi connectivity index (χ1v) is 4.87. The average molecular weight is 271 g/mol. The quantitative estimate of drug-likeness (QED) is 0.502. The van der Waals surface area contributed by atoms with Crippen LogP contribution in [0.5, 0.6) is 5.75 Å². The first-order chi connectivity index (χ1) is 8.73. The summed E-state index contributed by atoms with van der Waals surface area (Å²) in [5, 5.41) is 39.3. The van der Waals surface area contributed by atoms with Crippen LogP contribution in [0.2, 0.25) is 0 Å². The number of phenols is 1. The molecule has 0 fully saturated rings. The molecule has 1 aromatic carbocycles. The van der Waals surface area contributed by atoms with Crippen LogP contribution in [0.1, 0.15) is 5.56 Å². The molecule has 102 valence electrons. The lowest BCUT2D eigenvalue weighted by Gasteiger charge is -2.07. The van der Waals surface area contributed by atoms with Gasteiger partial charge in [0.15, 0.2) is 5.75 Å². The average Bonchev–Trinajstić information content (AvgIpc) is 2.27. The number of nitro benzene ring substituents is 2. The van der Waals surface area contributed by atoms with Gasteiger partial charge in [0.05, 0.1) is 15.9 Å². The number of carboxylic acid groups (broad SMARTS) is 1. The monoisotopic (exact) mass is 271 g/mol. The van der Waals surface area contributed by atoms with Crippen molar-refractivity contribution in [3.05, 3.63) is 37.9 Å². The fourth-order valence-corrected chi connectivity index (χ4v) is 1.41. The number of carbonyl (C=O) groups is 1. The Morgan fingerprint density at radius 1 is 1.26 bits per heavy atom. The van der Waals surface area contributed by atoms with Crippen LogP contribution < -0.4 is 5.73 Å². The third-order valence-corrected chi connectivity index (χ3v) is 2.33. The Morgan fingerprint density at radius 2 is 1.79 bits per heavy atom. The number of rotatable bonds is 5. The Morgan fingerprint density at radius 3 is 2.21 bits per heavy atom. The lowest BCUT2D eigenvalue weighted by molar-refractivity contribution is -0.395. The maximum absolute atomic E-state index is 10.8. The molecule has 0 aliphatic rings. The molecule has 10 nitrogen and oxygen atoms in total. The van der Waals surface area contributed by atoms with Gasteiger partial charge in [-0.05, 0) is 6.07 Å². The summed E-state index contributed by atoms with van der Waals surface area (Å²) in [7, 11) is 0. The largest absolute Gasteiger partial charge is 0.502 e. The molecule has 0 saturated carbocycles. The van der Waals surface area contributed by atoms with Gasteiger partial charge in [0, 0.05) is 12.0 Å². The zero-order chi connectivity index (χ0) is 14.7. The smallest absolute Gasteiger partial charge is 0.320 e. The Hall–Kier alpha value is -2.75. The van der Waals surface area contributed by atoms with Gasteiger partial charge in [-0.1, -0.05) is 0 Å². The highest BCUT2D eigenvalue weighted by molar-refractivity contribution is 5.74. The molecular weight excluding hydrogens is 262 g/mol. The second-order valence-corrected chi connectivity index (χ2v) is 3.63. The van der Waals surface area contributed by atoms with Gasteiger partial charge < -0.3 is 15.9 Å². The number of hydrogen-bond acceptors (Lipinski definition) is 7. The SMILES string of the molecule is N[C@@H](Cc1cc(O)c([N+](=O)[O-])cc1[N+](=O)[O-])C(=O)O. The van der Waals surface area contributed by atoms with Crippen LogP contribution in [-0.2, 0) is 11.2 Å². The fourth-order valence-electron chi connectivity index (χ4n) is 1.41. The summed E-state index contributed by atoms with van der Waals surface area (Å²) in [4.78, 5) is 30.0. The molecule has 0 bridgehead atoms. The Labute approximate surface area is 105 Å². The van der Waals surface area contributed by atoms with E-state index in [0.717, 1.165) is 6.07 Å². The number of aliphatic carboxylic acids is 1. The molecule has 0 spiro atoms. The van der Waals surface area contributed by atoms with Crippen molar-refractivity contribution in [1.82, 2.24) is 0 Å². The van der Waals surface area contributed by atoms with Crippen LogP contribution >= 0.6 is 0 Å². The Balaban J connectivity index is 3.31. The molecule has 0 radical (unpaired) electrons. The van der Waals surface area contributed by atoms with E-state index in [-0.39, 0.29) is 5.56 Å². The second kappa shape index (κ2) is 5.27. The van der Waals surface area contributed by atoms with E-state index in [2.05, 4.69) is 0 Å². The number of benzene rings is 1. The molecular formula is C9H9N3O7. The molecule has 0 aliphatic carbocycles. The Kier molecular flexibility index (Phi) is 3.97. The number of carboxylic acids is 1. The van der Waals surface area contributed by atoms with Crippen molar-refractivity contribution in [3.8, 4) is 5.75 Å². The third kappa shape index (κ3) is 3.13. The molecule has 19 heavy (non-hydrogen) atoms. The van der Waals surface area contributed by atoms with Crippen molar-refractivity contribution >= 4 is 17.3 Å². The summed E-state index contributed by atoms with van der Waals surface area (Å²) in [6, 6.07) is -0.0715. The molecule has 0 heterocycles. The van der Waals surface area contributed by atoms with E-state index < -0.39 is 45.4 Å². The number of aromatic hydroxyl groups is 1. The summed E-state index contributed by atoms with van der Waals surface area (Å²) in [6.45, 7) is 0. The molecule has 10 heteroatoms. The van der Waals surface area contributed by atoms with Crippen molar-refractivity contribution in [2.45, 2.75) is 12.5 Å². The highest BCUT2D eigenvalue weighted by atomic mass is 16.6. The van der Waals surface area contributed by atoms with Crippen LogP contribution in [-0.4, -0.2) is 32.1 Å². The summed E-state index contributed by atoms with van der Waals surface area (Å²) in [6.07, 6.45) is -0.433. The maximum atomic E-state index is 10.8. The summed E-state index contributed by atoms with van der Waals surface area (Å²) in [5.74, 6) is -2.17. The normalized spacial score (nSPS) is 11.8. The summed E-state index contributed by atoms with van der Waals surface area (Å²) < 4.78 is 0. The van der Waals surface area contributed by atoms with Gasteiger partial charge in [-0.3, -0.25) is 25.0 Å². The molecule has 4 N–H and O–H groups in total. The number of nitro groups is 2. The lowest BCUT2D eigenvalue weighted by atomic mass is 10.0. The van der Waals surface area contributed by atoms with Gasteiger partial charge in [-0.25, -0.2) is 0 Å². The van der Waals surface area contributed by atoms with Crippen molar-refractivity contribution in [1.29, 1.82) is 0 Å². The minimum absolute atomic E-state index is 0.192. The second-order valence-electron chi connectivity index (χ2n) is 3.63. The van der Waals surface area contributed by atoms with E-state index in [9.17, 15) is 30.1 Å². The number of nitrogens with zero attached hydrogens (tertiary/aromatic N) is 2. The van der Waals surface area contributed by atoms with Crippen LogP contribution in [0.25, 0.3) is 0 Å². The van der Waals surface area contributed by atoms with E-state index in [0.29, 0.717) is 6.07 Å². The molecule has 1 aromatic rings. The first-order valence-electron chi connectivity index (χ1n) is 4.87. The first kappa shape index (κ1) is 14.3. The van der Waals surface area contributed by atoms with Gasteiger partial charge in [0.25, 0.3) is 5.69 Å². The summed E-state index contributed by atoms with van der Waals surface area (Å²) >= 11 is 0. The van der Waals surface area contributed by atoms with Gasteiger partial charge in [0.2, 0.25) is 0 Å². The highest BCUT2D eigenvalue weighted by Gasteiger charge is 2.26. The van der Waals surface area contributed by atoms with Gasteiger partial charge >= 0.3 is 11.7 Å². The maximum Gasteiger partial charge on any atom is 0.320 e. The zero-order valence-corrected chi connectivity index (χ0v) is 9.35. The topological polar surface area (TPSA) is 170 Å². The number of phenolic OH excluding ortho intramolecular Hbond substituents is 1. The van der Waals surface area contributed by atoms with E-state index in [1.807, 2.05) is 0 Å². The third-order valence-electron chi connectivity index (χ3n) is 2.33. The predicted molar refractivity (Wildman–Crippen MR) is 60.7 cm³/mol. The molecule has 0 aliphatic heterocycles. The Bertz CT molecular complexity index is 557. The number of hydrogen-bond donors (Lipinski definition) is 3. The van der Waals surface area contributed by atoms with Gasteiger partial charge in [0.1, 0.15) is 6.04 Å². The molecule has 0 amide bonds. The van der Waals surface area contributed by atoms with E-state index >= 15 is 0 Å². The molecule has 1 rings (SSSR count). The predicted octanol–water partition coefficient (Wildman–Crippen LogP) is 0.163. The molecule has 0 saturated heterocycles.